The maximum atomic E-state index is 13.9. The van der Waals surface area contributed by atoms with Gasteiger partial charge in [-0.3, -0.25) is 14.4 Å². The van der Waals surface area contributed by atoms with Crippen LogP contribution in [0.2, 0.25) is 0 Å². The molecule has 0 bridgehead atoms. The van der Waals surface area contributed by atoms with Gasteiger partial charge in [0.25, 0.3) is 5.91 Å². The van der Waals surface area contributed by atoms with Gasteiger partial charge in [-0.15, -0.1) is 0 Å². The lowest BCUT2D eigenvalue weighted by atomic mass is 9.88. The van der Waals surface area contributed by atoms with Crippen LogP contribution in [0.4, 0.5) is 4.79 Å². The van der Waals surface area contributed by atoms with Gasteiger partial charge in [0.1, 0.15) is 6.04 Å². The van der Waals surface area contributed by atoms with E-state index >= 15 is 0 Å². The second kappa shape index (κ2) is 17.4. The normalized spacial score (nSPS) is 16.4. The third-order valence-corrected chi connectivity index (χ3v) is 8.08. The van der Waals surface area contributed by atoms with Crippen molar-refractivity contribution in [2.24, 2.45) is 17.6 Å². The number of hydrogen-bond acceptors (Lipinski definition) is 7. The van der Waals surface area contributed by atoms with Gasteiger partial charge < -0.3 is 36.4 Å². The van der Waals surface area contributed by atoms with Crippen molar-refractivity contribution in [1.82, 2.24) is 20.9 Å². The first-order valence-electron chi connectivity index (χ1n) is 15.3. The lowest BCUT2D eigenvalue weighted by Crippen LogP contribution is -2.55. The zero-order chi connectivity index (χ0) is 32.1. The van der Waals surface area contributed by atoms with Gasteiger partial charge in [0.05, 0.1) is 12.1 Å². The molecule has 6 N–H and O–H groups in total. The predicted octanol–water partition coefficient (Wildman–Crippen LogP) is 1.77. The van der Waals surface area contributed by atoms with Crippen LogP contribution in [-0.2, 0) is 32.0 Å². The number of benzene rings is 2. The van der Waals surface area contributed by atoms with Crippen molar-refractivity contribution in [2.45, 2.75) is 70.2 Å². The molecule has 2 aromatic rings. The minimum atomic E-state index is -1.16. The van der Waals surface area contributed by atoms with Crippen LogP contribution in [0.25, 0.3) is 0 Å². The Balaban J connectivity index is 1.80. The standard InChI is InChI=1S/C33H47N5O6/c1-22(2)30(32(42)38-16-14-26(35-3)15-17-38)37-31(41)25(18-23-10-6-4-7-11-23)20-28(39)27(19-24-12-8-5-9-13-24)36-33(43)44-21-29(34)40/h4-13,22,25-28,30,35,39H,14-21H2,1-3H3,(H2,34,40)(H,36,43)(H,37,41)/t25-,27+,28-,30-/m0/s1. The van der Waals surface area contributed by atoms with Gasteiger partial charge in [-0.25, -0.2) is 4.79 Å². The van der Waals surface area contributed by atoms with E-state index < -0.39 is 42.7 Å². The summed E-state index contributed by atoms with van der Waals surface area (Å²) in [5.41, 5.74) is 6.85. The van der Waals surface area contributed by atoms with E-state index in [0.717, 1.165) is 24.0 Å². The Kier molecular flexibility index (Phi) is 13.6. The quantitative estimate of drug-likeness (QED) is 0.205. The monoisotopic (exact) mass is 609 g/mol. The number of likely N-dealkylation sites (tertiary alicyclic amines) is 1. The molecular formula is C33H47N5O6. The van der Waals surface area contributed by atoms with Gasteiger partial charge in [0, 0.05) is 25.0 Å². The Morgan fingerprint density at radius 3 is 2.02 bits per heavy atom. The van der Waals surface area contributed by atoms with Gasteiger partial charge in [0.2, 0.25) is 11.8 Å². The number of aliphatic hydroxyl groups is 1. The molecule has 240 valence electrons. The second-order valence-corrected chi connectivity index (χ2v) is 11.8. The van der Waals surface area contributed by atoms with E-state index in [2.05, 4.69) is 16.0 Å². The maximum Gasteiger partial charge on any atom is 0.407 e. The zero-order valence-electron chi connectivity index (χ0n) is 25.9. The van der Waals surface area contributed by atoms with Crippen molar-refractivity contribution >= 4 is 23.8 Å². The molecule has 0 saturated carbocycles. The Morgan fingerprint density at radius 2 is 1.50 bits per heavy atom. The van der Waals surface area contributed by atoms with E-state index in [1.54, 1.807) is 0 Å². The number of aliphatic hydroxyl groups excluding tert-OH is 1. The number of amides is 4. The minimum absolute atomic E-state index is 0.000890. The third-order valence-electron chi connectivity index (χ3n) is 8.08. The smallest absolute Gasteiger partial charge is 0.407 e. The molecule has 0 aromatic heterocycles. The molecular weight excluding hydrogens is 562 g/mol. The van der Waals surface area contributed by atoms with E-state index in [-0.39, 0.29) is 30.6 Å². The molecule has 3 rings (SSSR count). The van der Waals surface area contributed by atoms with Crippen molar-refractivity contribution in [3.8, 4) is 0 Å². The number of rotatable bonds is 15. The molecule has 0 unspecified atom stereocenters. The SMILES string of the molecule is CNC1CCN(C(=O)[C@@H](NC(=O)[C@@H](Cc2ccccc2)C[C@H](O)[C@@H](Cc2ccccc2)NC(=O)OCC(N)=O)C(C)C)CC1. The highest BCUT2D eigenvalue weighted by molar-refractivity contribution is 5.89. The van der Waals surface area contributed by atoms with Crippen LogP contribution in [0.5, 0.6) is 0 Å². The molecule has 11 nitrogen and oxygen atoms in total. The topological polar surface area (TPSA) is 163 Å². The van der Waals surface area contributed by atoms with Crippen molar-refractivity contribution < 1.29 is 29.0 Å². The van der Waals surface area contributed by atoms with Crippen molar-refractivity contribution in [2.75, 3.05) is 26.7 Å². The van der Waals surface area contributed by atoms with Gasteiger partial charge in [-0.05, 0) is 56.2 Å². The number of piperidine rings is 1. The lowest BCUT2D eigenvalue weighted by Gasteiger charge is -2.36. The number of alkyl carbamates (subject to hydrolysis) is 1. The molecule has 4 atom stereocenters. The number of primary amides is 1. The highest BCUT2D eigenvalue weighted by Gasteiger charge is 2.34. The van der Waals surface area contributed by atoms with Crippen molar-refractivity contribution in [1.29, 1.82) is 0 Å². The summed E-state index contributed by atoms with van der Waals surface area (Å²) in [6, 6.07) is 17.6. The van der Waals surface area contributed by atoms with E-state index in [1.165, 1.54) is 0 Å². The molecule has 11 heteroatoms. The molecule has 1 fully saturated rings. The van der Waals surface area contributed by atoms with Crippen LogP contribution < -0.4 is 21.7 Å². The van der Waals surface area contributed by atoms with Crippen LogP contribution in [0, 0.1) is 11.8 Å². The Morgan fingerprint density at radius 1 is 0.932 bits per heavy atom. The number of ether oxygens (including phenoxy) is 1. The fraction of sp³-hybridized carbons (Fsp3) is 0.515. The number of hydrogen-bond donors (Lipinski definition) is 5. The minimum Gasteiger partial charge on any atom is -0.439 e. The van der Waals surface area contributed by atoms with E-state index in [4.69, 9.17) is 10.5 Å². The molecule has 1 heterocycles. The summed E-state index contributed by atoms with van der Waals surface area (Å²) in [4.78, 5) is 52.9. The average molecular weight is 610 g/mol. The molecule has 4 amide bonds. The summed E-state index contributed by atoms with van der Waals surface area (Å²) in [7, 11) is 1.92. The predicted molar refractivity (Wildman–Crippen MR) is 167 cm³/mol. The number of nitrogens with one attached hydrogen (secondary N) is 3. The summed E-state index contributed by atoms with van der Waals surface area (Å²) in [5, 5.41) is 20.4. The lowest BCUT2D eigenvalue weighted by molar-refractivity contribution is -0.139. The molecule has 1 aliphatic rings. The summed E-state index contributed by atoms with van der Waals surface area (Å²) >= 11 is 0. The fourth-order valence-electron chi connectivity index (χ4n) is 5.49. The van der Waals surface area contributed by atoms with Crippen molar-refractivity contribution in [3.05, 3.63) is 71.8 Å². The summed E-state index contributed by atoms with van der Waals surface area (Å²) in [6.07, 6.45) is 0.206. The van der Waals surface area contributed by atoms with Crippen LogP contribution in [0.15, 0.2) is 60.7 Å². The molecule has 1 aliphatic heterocycles. The highest BCUT2D eigenvalue weighted by Crippen LogP contribution is 2.21. The second-order valence-electron chi connectivity index (χ2n) is 11.8. The van der Waals surface area contributed by atoms with E-state index in [1.807, 2.05) is 86.5 Å². The summed E-state index contributed by atoms with van der Waals surface area (Å²) < 4.78 is 4.89. The summed E-state index contributed by atoms with van der Waals surface area (Å²) in [5.74, 6) is -2.12. The number of nitrogens with two attached hydrogens (primary N) is 1. The first-order chi connectivity index (χ1) is 21.1. The highest BCUT2D eigenvalue weighted by atomic mass is 16.6. The molecule has 2 aromatic carbocycles. The van der Waals surface area contributed by atoms with Crippen LogP contribution >= 0.6 is 0 Å². The fourth-order valence-corrected chi connectivity index (χ4v) is 5.49. The Bertz CT molecular complexity index is 1200. The largest absolute Gasteiger partial charge is 0.439 e. The van der Waals surface area contributed by atoms with E-state index in [0.29, 0.717) is 25.6 Å². The van der Waals surface area contributed by atoms with E-state index in [9.17, 15) is 24.3 Å². The first-order valence-corrected chi connectivity index (χ1v) is 15.3. The third kappa shape index (κ3) is 10.9. The van der Waals surface area contributed by atoms with Crippen molar-refractivity contribution in [3.63, 3.8) is 0 Å². The molecule has 0 aliphatic carbocycles. The van der Waals surface area contributed by atoms with Gasteiger partial charge in [-0.2, -0.15) is 0 Å². The van der Waals surface area contributed by atoms with Crippen LogP contribution in [0.1, 0.15) is 44.2 Å². The van der Waals surface area contributed by atoms with Crippen LogP contribution in [-0.4, -0.2) is 84.8 Å². The average Bonchev–Trinajstić information content (AvgIpc) is 3.02. The maximum absolute atomic E-state index is 13.9. The molecule has 44 heavy (non-hydrogen) atoms. The summed E-state index contributed by atoms with van der Waals surface area (Å²) in [6.45, 7) is 4.45. The first kappa shape index (κ1) is 34.5. The van der Waals surface area contributed by atoms with Gasteiger partial charge in [0.15, 0.2) is 6.61 Å². The zero-order valence-corrected chi connectivity index (χ0v) is 25.9. The van der Waals surface area contributed by atoms with Crippen LogP contribution in [0.3, 0.4) is 0 Å². The molecule has 1 saturated heterocycles. The Hall–Kier alpha value is -3.96. The Labute approximate surface area is 259 Å². The van der Waals surface area contributed by atoms with Gasteiger partial charge >= 0.3 is 6.09 Å². The molecule has 0 radical (unpaired) electrons. The molecule has 0 spiro atoms. The number of carbonyl (C=O) groups is 4. The van der Waals surface area contributed by atoms with Gasteiger partial charge in [-0.1, -0.05) is 74.5 Å². The number of carbonyl (C=O) groups excluding carboxylic acids is 4. The number of nitrogens with zero attached hydrogens (tertiary/aromatic N) is 1.